The minimum atomic E-state index is -3.70. The average Bonchev–Trinajstić information content (AvgIpc) is 2.26. The summed E-state index contributed by atoms with van der Waals surface area (Å²) in [7, 11) is -7.05. The summed E-state index contributed by atoms with van der Waals surface area (Å²) in [6.45, 7) is 1.86. The zero-order valence-corrected chi connectivity index (χ0v) is 12.4. The molecule has 19 heavy (non-hydrogen) atoms. The van der Waals surface area contributed by atoms with E-state index in [9.17, 15) is 21.6 Å². The molecule has 0 spiro atoms. The quantitative estimate of drug-likeness (QED) is 0.720. The van der Waals surface area contributed by atoms with E-state index in [-0.39, 0.29) is 0 Å². The molecule has 0 aliphatic carbocycles. The number of hydrogen-bond donors (Lipinski definition) is 0. The molecule has 0 N–H and O–H groups in total. The van der Waals surface area contributed by atoms with Gasteiger partial charge >= 0.3 is 0 Å². The van der Waals surface area contributed by atoms with Gasteiger partial charge in [-0.1, -0.05) is 29.8 Å². The van der Waals surface area contributed by atoms with Gasteiger partial charge < -0.3 is 0 Å². The Morgan fingerprint density at radius 2 is 1.53 bits per heavy atom. The van der Waals surface area contributed by atoms with Gasteiger partial charge in [-0.2, -0.15) is 0 Å². The Kier molecular flexibility index (Phi) is 4.86. The molecule has 0 aromatic heterocycles. The number of aryl methyl sites for hydroxylation is 1. The van der Waals surface area contributed by atoms with Crippen LogP contribution in [0.2, 0.25) is 0 Å². The molecule has 1 rings (SSSR count). The van der Waals surface area contributed by atoms with Gasteiger partial charge in [-0.25, -0.2) is 16.8 Å². The lowest BCUT2D eigenvalue weighted by Gasteiger charge is -2.04. The van der Waals surface area contributed by atoms with Crippen molar-refractivity contribution in [3.05, 3.63) is 35.4 Å². The van der Waals surface area contributed by atoms with E-state index in [1.807, 2.05) is 6.92 Å². The largest absolute Gasteiger partial charge is 0.293 e. The Balaban J connectivity index is 2.73. The molecule has 1 aromatic carbocycles. The van der Waals surface area contributed by atoms with E-state index in [1.54, 1.807) is 24.3 Å². The molecule has 1 aromatic rings. The van der Waals surface area contributed by atoms with E-state index < -0.39 is 42.7 Å². The molecule has 0 saturated carbocycles. The fraction of sp³-hybridized carbons (Fsp3) is 0.417. The van der Waals surface area contributed by atoms with Gasteiger partial charge in [-0.3, -0.25) is 4.79 Å². The van der Waals surface area contributed by atoms with E-state index in [2.05, 4.69) is 0 Å². The SMILES string of the molecule is Cc1ccc(C(=O)CS(=O)(=O)CCS(C)(=O)=O)cc1. The predicted molar refractivity (Wildman–Crippen MR) is 73.9 cm³/mol. The second-order valence-electron chi connectivity index (χ2n) is 4.51. The highest BCUT2D eigenvalue weighted by Crippen LogP contribution is 2.06. The van der Waals surface area contributed by atoms with Crippen molar-refractivity contribution in [3.63, 3.8) is 0 Å². The van der Waals surface area contributed by atoms with Crippen LogP contribution in [0.5, 0.6) is 0 Å². The van der Waals surface area contributed by atoms with Crippen LogP contribution in [0.25, 0.3) is 0 Å². The molecular weight excluding hydrogens is 288 g/mol. The molecule has 0 unspecified atom stereocenters. The summed E-state index contributed by atoms with van der Waals surface area (Å²) in [5, 5.41) is 0. The van der Waals surface area contributed by atoms with E-state index in [1.165, 1.54) is 0 Å². The Morgan fingerprint density at radius 3 is 2.00 bits per heavy atom. The smallest absolute Gasteiger partial charge is 0.177 e. The summed E-state index contributed by atoms with van der Waals surface area (Å²) < 4.78 is 45.1. The van der Waals surface area contributed by atoms with Crippen molar-refractivity contribution in [2.45, 2.75) is 6.92 Å². The molecule has 0 fully saturated rings. The van der Waals surface area contributed by atoms with Crippen LogP contribution in [0, 0.1) is 6.92 Å². The molecule has 0 heterocycles. The first kappa shape index (κ1) is 15.8. The zero-order chi connectivity index (χ0) is 14.7. The van der Waals surface area contributed by atoms with Gasteiger partial charge in [0.2, 0.25) is 0 Å². The standard InChI is InChI=1S/C12H16O5S2/c1-10-3-5-11(6-4-10)12(13)9-19(16,17)8-7-18(2,14)15/h3-6H,7-9H2,1-2H3. The third-order valence-corrected chi connectivity index (χ3v) is 5.22. The number of rotatable bonds is 6. The molecular formula is C12H16O5S2. The van der Waals surface area contributed by atoms with Crippen molar-refractivity contribution < 1.29 is 21.6 Å². The lowest BCUT2D eigenvalue weighted by molar-refractivity contribution is 0.102. The van der Waals surface area contributed by atoms with Crippen molar-refractivity contribution in [2.75, 3.05) is 23.5 Å². The maximum absolute atomic E-state index is 11.8. The van der Waals surface area contributed by atoms with Crippen molar-refractivity contribution in [1.29, 1.82) is 0 Å². The lowest BCUT2D eigenvalue weighted by atomic mass is 10.1. The second kappa shape index (κ2) is 5.83. The Bertz CT molecular complexity index is 655. The number of benzene rings is 1. The van der Waals surface area contributed by atoms with Gasteiger partial charge in [0.1, 0.15) is 15.6 Å². The predicted octanol–water partition coefficient (Wildman–Crippen LogP) is 0.637. The van der Waals surface area contributed by atoms with Crippen LogP contribution in [0.3, 0.4) is 0 Å². The van der Waals surface area contributed by atoms with Crippen molar-refractivity contribution in [1.82, 2.24) is 0 Å². The molecule has 7 heteroatoms. The Hall–Kier alpha value is -1.21. The number of carbonyl (C=O) groups is 1. The number of carbonyl (C=O) groups excluding carboxylic acids is 1. The molecule has 0 aliphatic rings. The van der Waals surface area contributed by atoms with Gasteiger partial charge in [0.25, 0.3) is 0 Å². The van der Waals surface area contributed by atoms with Gasteiger partial charge in [0.15, 0.2) is 15.6 Å². The number of sulfone groups is 2. The minimum Gasteiger partial charge on any atom is -0.293 e. The highest BCUT2D eigenvalue weighted by atomic mass is 32.2. The normalized spacial score (nSPS) is 12.3. The fourth-order valence-electron chi connectivity index (χ4n) is 1.37. The summed E-state index contributed by atoms with van der Waals surface area (Å²) in [6, 6.07) is 6.56. The maximum atomic E-state index is 11.8. The van der Waals surface area contributed by atoms with Crippen molar-refractivity contribution in [3.8, 4) is 0 Å². The van der Waals surface area contributed by atoms with Gasteiger partial charge in [0.05, 0.1) is 11.5 Å². The van der Waals surface area contributed by atoms with Crippen LogP contribution in [-0.2, 0) is 19.7 Å². The highest BCUT2D eigenvalue weighted by molar-refractivity contribution is 7.95. The number of hydrogen-bond acceptors (Lipinski definition) is 5. The third kappa shape index (κ3) is 5.98. The lowest BCUT2D eigenvalue weighted by Crippen LogP contribution is -2.23. The Morgan fingerprint density at radius 1 is 1.00 bits per heavy atom. The first-order chi connectivity index (χ1) is 8.59. The van der Waals surface area contributed by atoms with Crippen LogP contribution < -0.4 is 0 Å². The minimum absolute atomic E-state index is 0.313. The fourth-order valence-corrected chi connectivity index (χ4v) is 4.31. The Labute approximate surface area is 113 Å². The molecule has 0 radical (unpaired) electrons. The summed E-state index contributed by atoms with van der Waals surface area (Å²) in [4.78, 5) is 11.8. The summed E-state index contributed by atoms with van der Waals surface area (Å²) in [6.07, 6.45) is 0.963. The molecule has 106 valence electrons. The van der Waals surface area contributed by atoms with E-state index in [4.69, 9.17) is 0 Å². The first-order valence-corrected chi connectivity index (χ1v) is 9.45. The molecule has 0 amide bonds. The summed E-state index contributed by atoms with van der Waals surface area (Å²) in [5.41, 5.74) is 1.28. The van der Waals surface area contributed by atoms with E-state index >= 15 is 0 Å². The number of Topliss-reactive ketones (excluding diaryl/α,β-unsaturated/α-hetero) is 1. The van der Waals surface area contributed by atoms with Crippen LogP contribution in [0.15, 0.2) is 24.3 Å². The first-order valence-electron chi connectivity index (χ1n) is 5.57. The van der Waals surface area contributed by atoms with Gasteiger partial charge in [0, 0.05) is 11.8 Å². The molecule has 5 nitrogen and oxygen atoms in total. The average molecular weight is 304 g/mol. The van der Waals surface area contributed by atoms with Crippen molar-refractivity contribution >= 4 is 25.5 Å². The topological polar surface area (TPSA) is 85.3 Å². The molecule has 0 bridgehead atoms. The van der Waals surface area contributed by atoms with Gasteiger partial charge in [-0.05, 0) is 6.92 Å². The highest BCUT2D eigenvalue weighted by Gasteiger charge is 2.19. The van der Waals surface area contributed by atoms with E-state index in [0.29, 0.717) is 5.56 Å². The van der Waals surface area contributed by atoms with E-state index in [0.717, 1.165) is 11.8 Å². The maximum Gasteiger partial charge on any atom is 0.177 e. The second-order valence-corrected chi connectivity index (χ2v) is 8.95. The summed E-state index contributed by atoms with van der Waals surface area (Å²) in [5.74, 6) is -2.17. The van der Waals surface area contributed by atoms with Crippen LogP contribution in [-0.4, -0.2) is 46.1 Å². The van der Waals surface area contributed by atoms with Crippen LogP contribution in [0.4, 0.5) is 0 Å². The van der Waals surface area contributed by atoms with Crippen LogP contribution >= 0.6 is 0 Å². The third-order valence-electron chi connectivity index (χ3n) is 2.49. The summed E-state index contributed by atoms with van der Waals surface area (Å²) >= 11 is 0. The molecule has 0 aliphatic heterocycles. The van der Waals surface area contributed by atoms with Crippen molar-refractivity contribution in [2.24, 2.45) is 0 Å². The van der Waals surface area contributed by atoms with Crippen LogP contribution in [0.1, 0.15) is 15.9 Å². The van der Waals surface area contributed by atoms with Gasteiger partial charge in [-0.15, -0.1) is 0 Å². The zero-order valence-electron chi connectivity index (χ0n) is 10.8. The molecule has 0 atom stereocenters. The monoisotopic (exact) mass is 304 g/mol. The number of ketones is 1. The molecule has 0 saturated heterocycles.